The molecule has 128 valence electrons. The Morgan fingerprint density at radius 2 is 2.12 bits per heavy atom. The minimum atomic E-state index is -0.310. The Kier molecular flexibility index (Phi) is 4.94. The van der Waals surface area contributed by atoms with Crippen LogP contribution >= 0.6 is 0 Å². The molecule has 0 N–H and O–H groups in total. The van der Waals surface area contributed by atoms with Gasteiger partial charge in [-0.1, -0.05) is 38.1 Å². The van der Waals surface area contributed by atoms with Crippen LogP contribution in [-0.4, -0.2) is 40.8 Å². The van der Waals surface area contributed by atoms with Gasteiger partial charge in [0.15, 0.2) is 0 Å². The highest BCUT2D eigenvalue weighted by Crippen LogP contribution is 2.26. The first-order chi connectivity index (χ1) is 11.6. The third-order valence-electron chi connectivity index (χ3n) is 4.29. The lowest BCUT2D eigenvalue weighted by Crippen LogP contribution is -2.44. The van der Waals surface area contributed by atoms with Gasteiger partial charge in [-0.05, 0) is 18.1 Å². The van der Waals surface area contributed by atoms with Crippen LogP contribution in [0.25, 0.3) is 0 Å². The molecule has 1 atom stereocenters. The van der Waals surface area contributed by atoms with Gasteiger partial charge in [0.05, 0.1) is 19.6 Å². The number of morpholine rings is 1. The molecule has 0 bridgehead atoms. The van der Waals surface area contributed by atoms with Gasteiger partial charge >= 0.3 is 0 Å². The first kappa shape index (κ1) is 16.6. The van der Waals surface area contributed by atoms with E-state index in [4.69, 9.17) is 9.15 Å². The quantitative estimate of drug-likeness (QED) is 0.862. The van der Waals surface area contributed by atoms with Crippen LogP contribution in [0.4, 0.5) is 0 Å². The maximum atomic E-state index is 12.8. The van der Waals surface area contributed by atoms with Gasteiger partial charge in [0.2, 0.25) is 17.7 Å². The topological polar surface area (TPSA) is 68.5 Å². The SMILES string of the molecule is Cc1ccccc1CC(=O)N1CCOC[C@@H]1c1nnc(C(C)C)o1. The van der Waals surface area contributed by atoms with Gasteiger partial charge in [-0.25, -0.2) is 0 Å². The Balaban J connectivity index is 1.78. The van der Waals surface area contributed by atoms with Crippen LogP contribution in [-0.2, 0) is 16.0 Å². The summed E-state index contributed by atoms with van der Waals surface area (Å²) in [6.45, 7) is 7.47. The molecule has 1 aromatic carbocycles. The Bertz CT molecular complexity index is 711. The van der Waals surface area contributed by atoms with Crippen molar-refractivity contribution < 1.29 is 13.9 Å². The molecule has 0 aliphatic carbocycles. The van der Waals surface area contributed by atoms with E-state index in [2.05, 4.69) is 10.2 Å². The van der Waals surface area contributed by atoms with Gasteiger partial charge in [-0.15, -0.1) is 10.2 Å². The van der Waals surface area contributed by atoms with Crippen LogP contribution in [0.3, 0.4) is 0 Å². The molecular formula is C18H23N3O3. The van der Waals surface area contributed by atoms with Crippen molar-refractivity contribution in [3.63, 3.8) is 0 Å². The number of benzene rings is 1. The zero-order valence-corrected chi connectivity index (χ0v) is 14.4. The van der Waals surface area contributed by atoms with E-state index in [-0.39, 0.29) is 17.9 Å². The van der Waals surface area contributed by atoms with Crippen molar-refractivity contribution in [2.75, 3.05) is 19.8 Å². The van der Waals surface area contributed by atoms with Crippen LogP contribution in [0.1, 0.15) is 48.7 Å². The third-order valence-corrected chi connectivity index (χ3v) is 4.29. The minimum absolute atomic E-state index is 0.0573. The first-order valence-electron chi connectivity index (χ1n) is 8.31. The lowest BCUT2D eigenvalue weighted by molar-refractivity contribution is -0.140. The van der Waals surface area contributed by atoms with Crippen molar-refractivity contribution in [2.45, 2.75) is 39.2 Å². The van der Waals surface area contributed by atoms with E-state index in [1.165, 1.54) is 0 Å². The van der Waals surface area contributed by atoms with E-state index in [9.17, 15) is 4.79 Å². The number of hydrogen-bond acceptors (Lipinski definition) is 5. The molecule has 1 aliphatic rings. The number of hydrogen-bond donors (Lipinski definition) is 0. The second kappa shape index (κ2) is 7.13. The molecule has 1 aliphatic heterocycles. The number of carbonyl (C=O) groups is 1. The predicted octanol–water partition coefficient (Wildman–Crippen LogP) is 2.64. The second-order valence-electron chi connectivity index (χ2n) is 6.41. The third kappa shape index (κ3) is 3.48. The van der Waals surface area contributed by atoms with Crippen LogP contribution in [0, 0.1) is 6.92 Å². The normalized spacial score (nSPS) is 18.2. The fraction of sp³-hybridized carbons (Fsp3) is 0.500. The maximum Gasteiger partial charge on any atom is 0.241 e. The molecule has 24 heavy (non-hydrogen) atoms. The number of aryl methyl sites for hydroxylation is 1. The predicted molar refractivity (Wildman–Crippen MR) is 88.5 cm³/mol. The Labute approximate surface area is 141 Å². The average molecular weight is 329 g/mol. The van der Waals surface area contributed by atoms with Crippen LogP contribution in [0.2, 0.25) is 0 Å². The van der Waals surface area contributed by atoms with Gasteiger partial charge in [0.1, 0.15) is 6.04 Å². The highest BCUT2D eigenvalue weighted by molar-refractivity contribution is 5.79. The zero-order chi connectivity index (χ0) is 17.1. The van der Waals surface area contributed by atoms with E-state index in [0.717, 1.165) is 11.1 Å². The van der Waals surface area contributed by atoms with Gasteiger partial charge in [-0.3, -0.25) is 4.79 Å². The van der Waals surface area contributed by atoms with Gasteiger partial charge in [0.25, 0.3) is 0 Å². The molecule has 1 aromatic heterocycles. The van der Waals surface area contributed by atoms with Crippen molar-refractivity contribution in [2.24, 2.45) is 0 Å². The largest absolute Gasteiger partial charge is 0.423 e. The molecule has 6 nitrogen and oxygen atoms in total. The van der Waals surface area contributed by atoms with E-state index >= 15 is 0 Å². The summed E-state index contributed by atoms with van der Waals surface area (Å²) < 4.78 is 11.3. The number of ether oxygens (including phenoxy) is 1. The van der Waals surface area contributed by atoms with Crippen LogP contribution in [0.15, 0.2) is 28.7 Å². The molecule has 6 heteroatoms. The number of rotatable bonds is 4. The highest BCUT2D eigenvalue weighted by Gasteiger charge is 2.33. The number of nitrogens with zero attached hydrogens (tertiary/aromatic N) is 3. The molecule has 0 saturated carbocycles. The van der Waals surface area contributed by atoms with E-state index in [1.54, 1.807) is 4.90 Å². The monoisotopic (exact) mass is 329 g/mol. The average Bonchev–Trinajstić information content (AvgIpc) is 3.07. The summed E-state index contributed by atoms with van der Waals surface area (Å²) in [5, 5.41) is 8.20. The number of aromatic nitrogens is 2. The fourth-order valence-electron chi connectivity index (χ4n) is 2.79. The summed E-state index contributed by atoms with van der Waals surface area (Å²) in [6, 6.07) is 7.64. The van der Waals surface area contributed by atoms with Crippen LogP contribution < -0.4 is 0 Å². The molecule has 1 saturated heterocycles. The summed E-state index contributed by atoms with van der Waals surface area (Å²) in [4.78, 5) is 14.6. The van der Waals surface area contributed by atoms with Crippen molar-refractivity contribution in [3.05, 3.63) is 47.2 Å². The Morgan fingerprint density at radius 3 is 2.83 bits per heavy atom. The van der Waals surface area contributed by atoms with Crippen LogP contribution in [0.5, 0.6) is 0 Å². The first-order valence-corrected chi connectivity index (χ1v) is 8.31. The Morgan fingerprint density at radius 1 is 1.33 bits per heavy atom. The molecule has 0 unspecified atom stereocenters. The summed E-state index contributed by atoms with van der Waals surface area (Å²) in [5.41, 5.74) is 2.16. The van der Waals surface area contributed by atoms with Crippen molar-refractivity contribution in [1.82, 2.24) is 15.1 Å². The molecule has 0 spiro atoms. The molecule has 1 amide bonds. The minimum Gasteiger partial charge on any atom is -0.423 e. The zero-order valence-electron chi connectivity index (χ0n) is 14.4. The Hall–Kier alpha value is -2.21. The summed E-state index contributed by atoms with van der Waals surface area (Å²) in [7, 11) is 0. The summed E-state index contributed by atoms with van der Waals surface area (Å²) in [5.74, 6) is 1.26. The van der Waals surface area contributed by atoms with E-state index in [1.807, 2.05) is 45.0 Å². The summed E-state index contributed by atoms with van der Waals surface area (Å²) >= 11 is 0. The fourth-order valence-corrected chi connectivity index (χ4v) is 2.79. The number of carbonyl (C=O) groups excluding carboxylic acids is 1. The van der Waals surface area contributed by atoms with E-state index in [0.29, 0.717) is 38.0 Å². The van der Waals surface area contributed by atoms with Crippen molar-refractivity contribution in [1.29, 1.82) is 0 Å². The molecule has 2 heterocycles. The standard InChI is InChI=1S/C18H23N3O3/c1-12(2)17-19-20-18(24-17)15-11-23-9-8-21(15)16(22)10-14-7-5-4-6-13(14)3/h4-7,12,15H,8-11H2,1-3H3/t15-/m1/s1. The molecule has 3 rings (SSSR count). The molecule has 1 fully saturated rings. The lowest BCUT2D eigenvalue weighted by atomic mass is 10.0. The summed E-state index contributed by atoms with van der Waals surface area (Å²) in [6.07, 6.45) is 0.369. The molecule has 2 aromatic rings. The second-order valence-corrected chi connectivity index (χ2v) is 6.41. The van der Waals surface area contributed by atoms with E-state index < -0.39 is 0 Å². The molecule has 0 radical (unpaired) electrons. The maximum absolute atomic E-state index is 12.8. The molecular weight excluding hydrogens is 306 g/mol. The van der Waals surface area contributed by atoms with Crippen molar-refractivity contribution in [3.8, 4) is 0 Å². The smallest absolute Gasteiger partial charge is 0.241 e. The van der Waals surface area contributed by atoms with Crippen molar-refractivity contribution >= 4 is 5.91 Å². The highest BCUT2D eigenvalue weighted by atomic mass is 16.5. The van der Waals surface area contributed by atoms with Gasteiger partial charge in [-0.2, -0.15) is 0 Å². The number of amides is 1. The lowest BCUT2D eigenvalue weighted by Gasteiger charge is -2.33. The van der Waals surface area contributed by atoms with Gasteiger partial charge < -0.3 is 14.1 Å². The van der Waals surface area contributed by atoms with Gasteiger partial charge in [0, 0.05) is 12.5 Å².